The van der Waals surface area contributed by atoms with E-state index in [4.69, 9.17) is 4.74 Å². The van der Waals surface area contributed by atoms with Gasteiger partial charge in [-0.05, 0) is 35.9 Å². The zero-order valence-corrected chi connectivity index (χ0v) is 20.6. The van der Waals surface area contributed by atoms with Gasteiger partial charge in [-0.2, -0.15) is 30.0 Å². The van der Waals surface area contributed by atoms with Crippen molar-refractivity contribution in [3.8, 4) is 17.0 Å². The van der Waals surface area contributed by atoms with Crippen LogP contribution >= 0.6 is 11.8 Å². The van der Waals surface area contributed by atoms with Crippen LogP contribution in [0.25, 0.3) is 11.3 Å². The van der Waals surface area contributed by atoms with E-state index in [1.165, 1.54) is 17.9 Å². The molecular formula is C25H26F3N3O3S. The minimum absolute atomic E-state index is 0.0269. The molecule has 0 spiro atoms. The van der Waals surface area contributed by atoms with Gasteiger partial charge in [0.2, 0.25) is 0 Å². The second-order valence-electron chi connectivity index (χ2n) is 8.07. The minimum Gasteiger partial charge on any atom is -0.496 e. The predicted molar refractivity (Wildman–Crippen MR) is 132 cm³/mol. The highest BCUT2D eigenvalue weighted by atomic mass is 32.2. The molecule has 3 aromatic rings. The lowest BCUT2D eigenvalue weighted by atomic mass is 9.94. The molecule has 0 fully saturated rings. The summed E-state index contributed by atoms with van der Waals surface area (Å²) < 4.78 is 46.2. The molecule has 0 aliphatic rings. The van der Waals surface area contributed by atoms with Crippen molar-refractivity contribution in [3.63, 3.8) is 0 Å². The maximum atomic E-state index is 13.3. The van der Waals surface area contributed by atoms with Crippen LogP contribution in [0.2, 0.25) is 0 Å². The lowest BCUT2D eigenvalue weighted by molar-refractivity contribution is -0.137. The van der Waals surface area contributed by atoms with Crippen LogP contribution in [0.1, 0.15) is 41.3 Å². The van der Waals surface area contributed by atoms with Crippen LogP contribution in [0.4, 0.5) is 18.9 Å². The number of aromatic nitrogens is 2. The number of amides is 1. The number of benzene rings is 2. The van der Waals surface area contributed by atoms with Gasteiger partial charge in [0.1, 0.15) is 11.4 Å². The third-order valence-corrected chi connectivity index (χ3v) is 5.95. The quantitative estimate of drug-likeness (QED) is 0.427. The second-order valence-corrected chi connectivity index (χ2v) is 9.06. The van der Waals surface area contributed by atoms with Crippen molar-refractivity contribution in [2.45, 2.75) is 32.5 Å². The number of halogens is 3. The number of nitrogens with one attached hydrogen (secondary N) is 1. The molecule has 0 unspecified atom stereocenters. The maximum absolute atomic E-state index is 13.3. The van der Waals surface area contributed by atoms with E-state index in [2.05, 4.69) is 10.4 Å². The van der Waals surface area contributed by atoms with Gasteiger partial charge in [-0.3, -0.25) is 9.59 Å². The molecule has 1 amide bonds. The summed E-state index contributed by atoms with van der Waals surface area (Å²) in [4.78, 5) is 25.9. The molecule has 0 radical (unpaired) electrons. The summed E-state index contributed by atoms with van der Waals surface area (Å²) in [6.07, 6.45) is -2.72. The number of hydrogen-bond acceptors (Lipinski definition) is 5. The molecule has 1 aromatic heterocycles. The van der Waals surface area contributed by atoms with Gasteiger partial charge in [0.15, 0.2) is 0 Å². The molecule has 6 nitrogen and oxygen atoms in total. The first-order valence-electron chi connectivity index (χ1n) is 10.8. The van der Waals surface area contributed by atoms with Crippen molar-refractivity contribution in [1.29, 1.82) is 0 Å². The summed E-state index contributed by atoms with van der Waals surface area (Å²) in [5, 5.41) is 7.14. The number of thioether (sulfide) groups is 1. The molecule has 0 bridgehead atoms. The van der Waals surface area contributed by atoms with Crippen LogP contribution < -0.4 is 15.6 Å². The number of carbonyl (C=O) groups excluding carboxylic acids is 1. The van der Waals surface area contributed by atoms with E-state index in [-0.39, 0.29) is 22.9 Å². The molecule has 0 aliphatic carbocycles. The molecule has 1 heterocycles. The molecular weight excluding hydrogens is 479 g/mol. The van der Waals surface area contributed by atoms with E-state index < -0.39 is 23.2 Å². The van der Waals surface area contributed by atoms with Crippen molar-refractivity contribution in [2.75, 3.05) is 24.4 Å². The zero-order chi connectivity index (χ0) is 25.8. The third-order valence-electron chi connectivity index (χ3n) is 5.36. The first-order valence-corrected chi connectivity index (χ1v) is 12.2. The Morgan fingerprint density at radius 1 is 1.17 bits per heavy atom. The molecule has 1 N–H and O–H groups in total. The van der Waals surface area contributed by atoms with E-state index in [1.807, 2.05) is 44.4 Å². The lowest BCUT2D eigenvalue weighted by Crippen LogP contribution is -2.26. The van der Waals surface area contributed by atoms with Crippen molar-refractivity contribution in [2.24, 2.45) is 0 Å². The van der Waals surface area contributed by atoms with Gasteiger partial charge in [-0.25, -0.2) is 4.68 Å². The Balaban J connectivity index is 2.14. The lowest BCUT2D eigenvalue weighted by Gasteiger charge is -2.18. The molecule has 35 heavy (non-hydrogen) atoms. The van der Waals surface area contributed by atoms with E-state index in [9.17, 15) is 22.8 Å². The van der Waals surface area contributed by atoms with Gasteiger partial charge in [0.25, 0.3) is 11.5 Å². The number of nitrogens with zero attached hydrogens (tertiary/aromatic N) is 2. The highest BCUT2D eigenvalue weighted by Gasteiger charge is 2.32. The number of hydrogen-bond donors (Lipinski definition) is 1. The predicted octanol–water partition coefficient (Wildman–Crippen LogP) is 5.68. The monoisotopic (exact) mass is 505 g/mol. The number of aryl methyl sites for hydroxylation is 1. The number of rotatable bonds is 8. The molecule has 2 aromatic carbocycles. The fourth-order valence-corrected chi connectivity index (χ4v) is 3.95. The first kappa shape index (κ1) is 26.3. The van der Waals surface area contributed by atoms with Crippen LogP contribution in [0, 0.1) is 0 Å². The van der Waals surface area contributed by atoms with Crippen molar-refractivity contribution in [1.82, 2.24) is 9.78 Å². The highest BCUT2D eigenvalue weighted by molar-refractivity contribution is 7.98. The topological polar surface area (TPSA) is 73.2 Å². The zero-order valence-electron chi connectivity index (χ0n) is 19.8. The first-order chi connectivity index (χ1) is 16.6. The van der Waals surface area contributed by atoms with Gasteiger partial charge >= 0.3 is 6.18 Å². The van der Waals surface area contributed by atoms with E-state index in [0.717, 1.165) is 23.8 Å². The van der Waals surface area contributed by atoms with E-state index in [1.54, 1.807) is 11.8 Å². The van der Waals surface area contributed by atoms with Crippen LogP contribution in [-0.2, 0) is 12.7 Å². The summed E-state index contributed by atoms with van der Waals surface area (Å²) in [5.74, 6) is -0.0995. The SMILES string of the molecule is COc1ccc(C(F)(F)F)cc1C(=O)Nc1cc(=O)n(CCSC)nc1-c1ccccc1C(C)C. The molecule has 10 heteroatoms. The average molecular weight is 506 g/mol. The fraction of sp³-hybridized carbons (Fsp3) is 0.320. The molecule has 0 atom stereocenters. The number of methoxy groups -OCH3 is 1. The summed E-state index contributed by atoms with van der Waals surface area (Å²) in [6.45, 7) is 4.38. The summed E-state index contributed by atoms with van der Waals surface area (Å²) in [5.41, 5.74) is 0.392. The Kier molecular flexibility index (Phi) is 8.26. The molecule has 186 valence electrons. The van der Waals surface area contributed by atoms with Gasteiger partial charge in [0, 0.05) is 17.4 Å². The standard InChI is InChI=1S/C25H26F3N3O3S/c1-15(2)17-7-5-6-8-18(17)23-20(14-22(32)31(30-23)11-12-35-4)29-24(33)19-13-16(25(26,27)28)9-10-21(19)34-3/h5-10,13-15H,11-12H2,1-4H3,(H,29,33). The fourth-order valence-electron chi connectivity index (χ4n) is 3.59. The largest absolute Gasteiger partial charge is 0.496 e. The van der Waals surface area contributed by atoms with Crippen molar-refractivity contribution >= 4 is 23.4 Å². The Labute approximate surface area is 205 Å². The Morgan fingerprint density at radius 3 is 2.51 bits per heavy atom. The highest BCUT2D eigenvalue weighted by Crippen LogP contribution is 2.35. The van der Waals surface area contributed by atoms with Crippen LogP contribution in [-0.4, -0.2) is 34.8 Å². The van der Waals surface area contributed by atoms with Crippen LogP contribution in [0.15, 0.2) is 53.3 Å². The summed E-state index contributed by atoms with van der Waals surface area (Å²) in [7, 11) is 1.26. The average Bonchev–Trinajstić information content (AvgIpc) is 2.82. The molecule has 0 saturated heterocycles. The number of alkyl halides is 3. The minimum atomic E-state index is -4.64. The van der Waals surface area contributed by atoms with Gasteiger partial charge in [-0.1, -0.05) is 38.1 Å². The molecule has 3 rings (SSSR count). The summed E-state index contributed by atoms with van der Waals surface area (Å²) in [6, 6.07) is 11.4. The Bertz CT molecular complexity index is 1270. The Hall–Kier alpha value is -3.27. The van der Waals surface area contributed by atoms with Gasteiger partial charge in [0.05, 0.1) is 30.5 Å². The third kappa shape index (κ3) is 6.05. The van der Waals surface area contributed by atoms with Gasteiger partial charge < -0.3 is 10.1 Å². The van der Waals surface area contributed by atoms with E-state index in [0.29, 0.717) is 23.6 Å². The van der Waals surface area contributed by atoms with Crippen molar-refractivity contribution in [3.05, 3.63) is 75.6 Å². The Morgan fingerprint density at radius 2 is 1.89 bits per heavy atom. The molecule has 0 saturated carbocycles. The van der Waals surface area contributed by atoms with Gasteiger partial charge in [-0.15, -0.1) is 0 Å². The second kappa shape index (κ2) is 11.0. The van der Waals surface area contributed by atoms with Crippen LogP contribution in [0.5, 0.6) is 5.75 Å². The van der Waals surface area contributed by atoms with Crippen molar-refractivity contribution < 1.29 is 22.7 Å². The number of carbonyl (C=O) groups is 1. The number of anilines is 1. The maximum Gasteiger partial charge on any atom is 0.416 e. The van der Waals surface area contributed by atoms with Crippen LogP contribution in [0.3, 0.4) is 0 Å². The summed E-state index contributed by atoms with van der Waals surface area (Å²) >= 11 is 1.56. The van der Waals surface area contributed by atoms with E-state index >= 15 is 0 Å². The normalized spacial score (nSPS) is 11.5. The smallest absolute Gasteiger partial charge is 0.416 e. The number of ether oxygens (including phenoxy) is 1. The molecule has 0 aliphatic heterocycles.